The number of pyridine rings is 1. The fourth-order valence-corrected chi connectivity index (χ4v) is 2.73. The average Bonchev–Trinajstić information content (AvgIpc) is 3.13. The van der Waals surface area contributed by atoms with Crippen LogP contribution in [-0.2, 0) is 0 Å². The van der Waals surface area contributed by atoms with E-state index in [4.69, 9.17) is 5.73 Å². The van der Waals surface area contributed by atoms with Crippen LogP contribution >= 0.6 is 11.3 Å². The quantitative estimate of drug-likeness (QED) is 0.572. The number of nitrogens with two attached hydrogens (primary N) is 1. The standard InChI is InChI=1S/C11H8N8S/c12-8-7(5-14-15-8)10-18-19-9(16-17-11(19)20-10)6-2-1-3-13-4-6/h1-5H,(H3,12,14,15). The summed E-state index contributed by atoms with van der Waals surface area (Å²) in [5.41, 5.74) is 7.43. The van der Waals surface area contributed by atoms with E-state index in [9.17, 15) is 0 Å². The van der Waals surface area contributed by atoms with Crippen molar-refractivity contribution in [2.45, 2.75) is 0 Å². The summed E-state index contributed by atoms with van der Waals surface area (Å²) in [6.45, 7) is 0. The Morgan fingerprint density at radius 2 is 2.20 bits per heavy atom. The fraction of sp³-hybridized carbons (Fsp3) is 0. The Morgan fingerprint density at radius 1 is 1.25 bits per heavy atom. The molecule has 4 aromatic heterocycles. The van der Waals surface area contributed by atoms with Crippen molar-refractivity contribution in [2.24, 2.45) is 0 Å². The van der Waals surface area contributed by atoms with Gasteiger partial charge in [0.1, 0.15) is 5.82 Å². The predicted molar refractivity (Wildman–Crippen MR) is 73.9 cm³/mol. The van der Waals surface area contributed by atoms with Gasteiger partial charge in [0.05, 0.1) is 11.8 Å². The Hall–Kier alpha value is -2.81. The molecule has 0 radical (unpaired) electrons. The van der Waals surface area contributed by atoms with Crippen LogP contribution in [0.1, 0.15) is 0 Å². The van der Waals surface area contributed by atoms with Crippen molar-refractivity contribution in [3.8, 4) is 22.0 Å². The van der Waals surface area contributed by atoms with Crippen molar-refractivity contribution in [1.29, 1.82) is 0 Å². The van der Waals surface area contributed by atoms with Crippen LogP contribution in [-0.4, -0.2) is 35.0 Å². The summed E-state index contributed by atoms with van der Waals surface area (Å²) in [5.74, 6) is 1.13. The van der Waals surface area contributed by atoms with E-state index in [0.29, 0.717) is 16.6 Å². The maximum Gasteiger partial charge on any atom is 0.235 e. The van der Waals surface area contributed by atoms with Crippen LogP contribution in [0.25, 0.3) is 26.9 Å². The molecule has 3 N–H and O–H groups in total. The van der Waals surface area contributed by atoms with Gasteiger partial charge in [0.25, 0.3) is 0 Å². The Morgan fingerprint density at radius 3 is 2.95 bits per heavy atom. The monoisotopic (exact) mass is 284 g/mol. The van der Waals surface area contributed by atoms with Crippen molar-refractivity contribution in [3.05, 3.63) is 30.7 Å². The molecule has 0 amide bonds. The van der Waals surface area contributed by atoms with Gasteiger partial charge in [-0.1, -0.05) is 11.3 Å². The summed E-state index contributed by atoms with van der Waals surface area (Å²) in [6.07, 6.45) is 5.08. The summed E-state index contributed by atoms with van der Waals surface area (Å²) >= 11 is 1.40. The Balaban J connectivity index is 1.90. The first kappa shape index (κ1) is 11.1. The number of aromatic nitrogens is 7. The second-order valence-corrected chi connectivity index (χ2v) is 5.02. The molecule has 20 heavy (non-hydrogen) atoms. The minimum Gasteiger partial charge on any atom is -0.383 e. The summed E-state index contributed by atoms with van der Waals surface area (Å²) in [4.78, 5) is 4.77. The third kappa shape index (κ3) is 1.57. The number of nitrogens with one attached hydrogen (secondary N) is 1. The molecule has 0 fully saturated rings. The molecule has 0 aliphatic rings. The van der Waals surface area contributed by atoms with E-state index < -0.39 is 0 Å². The van der Waals surface area contributed by atoms with Crippen LogP contribution in [0.15, 0.2) is 30.7 Å². The van der Waals surface area contributed by atoms with Crippen LogP contribution in [0.3, 0.4) is 0 Å². The number of rotatable bonds is 2. The third-order valence-electron chi connectivity index (χ3n) is 2.81. The maximum atomic E-state index is 5.81. The summed E-state index contributed by atoms with van der Waals surface area (Å²) in [7, 11) is 0. The lowest BCUT2D eigenvalue weighted by Crippen LogP contribution is -1.92. The zero-order chi connectivity index (χ0) is 13.5. The topological polar surface area (TPSA) is 111 Å². The van der Waals surface area contributed by atoms with Crippen LogP contribution in [0, 0.1) is 0 Å². The van der Waals surface area contributed by atoms with Gasteiger partial charge in [-0.3, -0.25) is 10.1 Å². The molecular formula is C11H8N8S. The van der Waals surface area contributed by atoms with E-state index in [0.717, 1.165) is 16.1 Å². The van der Waals surface area contributed by atoms with Gasteiger partial charge in [-0.05, 0) is 12.1 Å². The van der Waals surface area contributed by atoms with Crippen molar-refractivity contribution < 1.29 is 0 Å². The molecule has 4 heterocycles. The molecule has 0 bridgehead atoms. The van der Waals surface area contributed by atoms with Gasteiger partial charge in [-0.15, -0.1) is 10.2 Å². The average molecular weight is 284 g/mol. The lowest BCUT2D eigenvalue weighted by Gasteiger charge is -1.95. The fourth-order valence-electron chi connectivity index (χ4n) is 1.87. The molecule has 8 nitrogen and oxygen atoms in total. The van der Waals surface area contributed by atoms with Crippen LogP contribution < -0.4 is 5.73 Å². The first-order chi connectivity index (χ1) is 9.83. The van der Waals surface area contributed by atoms with Crippen LogP contribution in [0.4, 0.5) is 5.82 Å². The Bertz CT molecular complexity index is 874. The molecule has 0 atom stereocenters. The highest BCUT2D eigenvalue weighted by Gasteiger charge is 2.16. The van der Waals surface area contributed by atoms with Gasteiger partial charge in [0.15, 0.2) is 10.8 Å². The first-order valence-electron chi connectivity index (χ1n) is 5.75. The number of nitrogens with zero attached hydrogens (tertiary/aromatic N) is 6. The van der Waals surface area contributed by atoms with E-state index in [1.807, 2.05) is 12.1 Å². The number of H-pyrrole nitrogens is 1. The predicted octanol–water partition coefficient (Wildman–Crippen LogP) is 1.22. The zero-order valence-corrected chi connectivity index (χ0v) is 10.9. The minimum absolute atomic E-state index is 0.484. The molecule has 0 saturated heterocycles. The van der Waals surface area contributed by atoms with Gasteiger partial charge < -0.3 is 5.73 Å². The summed E-state index contributed by atoms with van der Waals surface area (Å²) in [5, 5.41) is 20.1. The molecule has 0 aliphatic carbocycles. The van der Waals surface area contributed by atoms with Gasteiger partial charge in [0.2, 0.25) is 4.96 Å². The number of nitrogen functional groups attached to an aromatic ring is 1. The maximum absolute atomic E-state index is 5.81. The van der Waals surface area contributed by atoms with E-state index in [-0.39, 0.29) is 0 Å². The lowest BCUT2D eigenvalue weighted by molar-refractivity contribution is 0.969. The SMILES string of the molecule is Nc1[nH]ncc1-c1nn2c(-c3cccnc3)nnc2s1. The smallest absolute Gasteiger partial charge is 0.235 e. The molecule has 0 spiro atoms. The molecule has 98 valence electrons. The van der Waals surface area contributed by atoms with E-state index in [1.165, 1.54) is 11.3 Å². The lowest BCUT2D eigenvalue weighted by atomic mass is 10.3. The molecule has 0 saturated carbocycles. The van der Waals surface area contributed by atoms with Gasteiger partial charge >= 0.3 is 0 Å². The highest BCUT2D eigenvalue weighted by atomic mass is 32.1. The Kier molecular flexibility index (Phi) is 2.27. The minimum atomic E-state index is 0.484. The number of hydrogen-bond acceptors (Lipinski definition) is 7. The van der Waals surface area contributed by atoms with E-state index in [1.54, 1.807) is 23.1 Å². The van der Waals surface area contributed by atoms with Crippen LogP contribution in [0.2, 0.25) is 0 Å². The highest BCUT2D eigenvalue weighted by molar-refractivity contribution is 7.19. The molecule has 9 heteroatoms. The number of anilines is 1. The van der Waals surface area contributed by atoms with Crippen LogP contribution in [0.5, 0.6) is 0 Å². The number of aromatic amines is 1. The third-order valence-corrected chi connectivity index (χ3v) is 3.74. The highest BCUT2D eigenvalue weighted by Crippen LogP contribution is 2.29. The largest absolute Gasteiger partial charge is 0.383 e. The molecule has 0 aliphatic heterocycles. The second-order valence-electron chi connectivity index (χ2n) is 4.06. The molecule has 0 aromatic carbocycles. The second kappa shape index (κ2) is 4.10. The Labute approximate surface area is 116 Å². The van der Waals surface area contributed by atoms with Crippen molar-refractivity contribution in [1.82, 2.24) is 35.0 Å². The molecule has 4 aromatic rings. The van der Waals surface area contributed by atoms with Gasteiger partial charge in [0, 0.05) is 18.0 Å². The number of hydrogen-bond donors (Lipinski definition) is 2. The van der Waals surface area contributed by atoms with E-state index in [2.05, 4.69) is 30.5 Å². The van der Waals surface area contributed by atoms with Gasteiger partial charge in [-0.25, -0.2) is 0 Å². The number of fused-ring (bicyclic) bond motifs is 1. The van der Waals surface area contributed by atoms with Crippen molar-refractivity contribution >= 4 is 22.1 Å². The molecule has 4 rings (SSSR count). The normalized spacial score (nSPS) is 11.2. The molecule has 0 unspecified atom stereocenters. The van der Waals surface area contributed by atoms with Gasteiger partial charge in [-0.2, -0.15) is 14.7 Å². The zero-order valence-electron chi connectivity index (χ0n) is 10.1. The van der Waals surface area contributed by atoms with E-state index >= 15 is 0 Å². The summed E-state index contributed by atoms with van der Waals surface area (Å²) in [6, 6.07) is 3.76. The van der Waals surface area contributed by atoms with Crippen molar-refractivity contribution in [3.63, 3.8) is 0 Å². The first-order valence-corrected chi connectivity index (χ1v) is 6.56. The van der Waals surface area contributed by atoms with Crippen molar-refractivity contribution in [2.75, 3.05) is 5.73 Å². The molecular weight excluding hydrogens is 276 g/mol. The summed E-state index contributed by atoms with van der Waals surface area (Å²) < 4.78 is 1.68.